The molecule has 0 radical (unpaired) electrons. The van der Waals surface area contributed by atoms with Gasteiger partial charge >= 0.3 is 0 Å². The lowest BCUT2D eigenvalue weighted by Gasteiger charge is -2.06. The molecule has 106 valence electrons. The minimum atomic E-state index is -0.137. The van der Waals surface area contributed by atoms with Crippen LogP contribution in [0.4, 0.5) is 0 Å². The highest BCUT2D eigenvalue weighted by atomic mass is 16.2. The molecular formula is C17H16N2O2. The van der Waals surface area contributed by atoms with E-state index in [4.69, 9.17) is 0 Å². The largest absolute Gasteiger partial charge is 0.348 e. The van der Waals surface area contributed by atoms with Crippen LogP contribution in [-0.4, -0.2) is 22.7 Å². The number of hydrogen-bond acceptors (Lipinski definition) is 3. The Bertz CT molecular complexity index is 705. The van der Waals surface area contributed by atoms with Crippen LogP contribution in [-0.2, 0) is 0 Å². The van der Waals surface area contributed by atoms with Crippen LogP contribution < -0.4 is 5.32 Å². The van der Waals surface area contributed by atoms with Gasteiger partial charge in [-0.15, -0.1) is 0 Å². The Morgan fingerprint density at radius 3 is 2.62 bits per heavy atom. The fraction of sp³-hybridized carbons (Fsp3) is 0.235. The third kappa shape index (κ3) is 3.16. The van der Waals surface area contributed by atoms with E-state index in [1.54, 1.807) is 18.2 Å². The van der Waals surface area contributed by atoms with Crippen molar-refractivity contribution in [3.8, 4) is 11.3 Å². The normalized spacial score (nSPS) is 13.8. The first-order chi connectivity index (χ1) is 10.1. The molecule has 1 fully saturated rings. The summed E-state index contributed by atoms with van der Waals surface area (Å²) in [6.07, 6.45) is 2.10. The molecule has 1 aliphatic carbocycles. The van der Waals surface area contributed by atoms with E-state index in [1.807, 2.05) is 24.3 Å². The van der Waals surface area contributed by atoms with Crippen LogP contribution in [0.1, 0.15) is 40.6 Å². The molecule has 0 bridgehead atoms. The minimum Gasteiger partial charge on any atom is -0.348 e. The second-order valence-electron chi connectivity index (χ2n) is 5.29. The first kappa shape index (κ1) is 13.5. The second kappa shape index (κ2) is 5.48. The smallest absolute Gasteiger partial charge is 0.270 e. The number of benzene rings is 1. The zero-order chi connectivity index (χ0) is 14.8. The van der Waals surface area contributed by atoms with Gasteiger partial charge in [0.2, 0.25) is 0 Å². The average molecular weight is 280 g/mol. The van der Waals surface area contributed by atoms with Crippen LogP contribution in [0.15, 0.2) is 42.5 Å². The molecule has 1 aliphatic rings. The summed E-state index contributed by atoms with van der Waals surface area (Å²) in [5, 5.41) is 2.92. The number of ketones is 1. The summed E-state index contributed by atoms with van der Waals surface area (Å²) in [5.41, 5.74) is 2.58. The van der Waals surface area contributed by atoms with E-state index in [0.29, 0.717) is 23.0 Å². The summed E-state index contributed by atoms with van der Waals surface area (Å²) in [7, 11) is 0. The third-order valence-corrected chi connectivity index (χ3v) is 3.46. The van der Waals surface area contributed by atoms with E-state index in [2.05, 4.69) is 10.3 Å². The van der Waals surface area contributed by atoms with Crippen molar-refractivity contribution in [3.63, 3.8) is 0 Å². The topological polar surface area (TPSA) is 59.1 Å². The van der Waals surface area contributed by atoms with Crippen molar-refractivity contribution in [1.82, 2.24) is 10.3 Å². The van der Waals surface area contributed by atoms with Crippen LogP contribution in [0, 0.1) is 0 Å². The van der Waals surface area contributed by atoms with Gasteiger partial charge in [-0.05, 0) is 38.0 Å². The number of amides is 1. The minimum absolute atomic E-state index is 0.0134. The highest BCUT2D eigenvalue weighted by molar-refractivity contribution is 5.95. The summed E-state index contributed by atoms with van der Waals surface area (Å²) in [5.74, 6) is -0.124. The van der Waals surface area contributed by atoms with E-state index in [-0.39, 0.29) is 11.7 Å². The van der Waals surface area contributed by atoms with Gasteiger partial charge < -0.3 is 5.32 Å². The Kier molecular flexibility index (Phi) is 3.52. The van der Waals surface area contributed by atoms with Gasteiger partial charge in [0, 0.05) is 17.2 Å². The van der Waals surface area contributed by atoms with E-state index in [9.17, 15) is 9.59 Å². The van der Waals surface area contributed by atoms with E-state index >= 15 is 0 Å². The van der Waals surface area contributed by atoms with Gasteiger partial charge in [0.1, 0.15) is 5.69 Å². The molecule has 2 aromatic rings. The van der Waals surface area contributed by atoms with Crippen molar-refractivity contribution in [1.29, 1.82) is 0 Å². The number of rotatable bonds is 4. The second-order valence-corrected chi connectivity index (χ2v) is 5.29. The molecule has 1 amide bonds. The van der Waals surface area contributed by atoms with Crippen molar-refractivity contribution in [3.05, 3.63) is 53.7 Å². The van der Waals surface area contributed by atoms with Crippen LogP contribution in [0.2, 0.25) is 0 Å². The van der Waals surface area contributed by atoms with Gasteiger partial charge in [-0.2, -0.15) is 0 Å². The van der Waals surface area contributed by atoms with Crippen molar-refractivity contribution in [2.75, 3.05) is 0 Å². The quantitative estimate of drug-likeness (QED) is 0.876. The maximum atomic E-state index is 12.0. The monoisotopic (exact) mass is 280 g/mol. The van der Waals surface area contributed by atoms with E-state index < -0.39 is 0 Å². The molecule has 0 spiro atoms. The number of nitrogens with zero attached hydrogens (tertiary/aromatic N) is 1. The maximum absolute atomic E-state index is 12.0. The Morgan fingerprint density at radius 1 is 1.14 bits per heavy atom. The van der Waals surface area contributed by atoms with Crippen molar-refractivity contribution < 1.29 is 9.59 Å². The molecule has 1 aromatic carbocycles. The molecule has 21 heavy (non-hydrogen) atoms. The molecule has 1 aromatic heterocycles. The predicted octanol–water partition coefficient (Wildman–Crippen LogP) is 2.84. The van der Waals surface area contributed by atoms with Gasteiger partial charge in [0.25, 0.3) is 5.91 Å². The standard InChI is InChI=1S/C17H16N2O2/c1-11(20)12-4-2-5-13(10-12)15-6-3-7-16(19-15)17(21)18-14-8-9-14/h2-7,10,14H,8-9H2,1H3,(H,18,21). The number of pyridine rings is 1. The van der Waals surface area contributed by atoms with Crippen molar-refractivity contribution >= 4 is 11.7 Å². The van der Waals surface area contributed by atoms with Crippen LogP contribution in [0.5, 0.6) is 0 Å². The molecule has 0 atom stereocenters. The van der Waals surface area contributed by atoms with Crippen molar-refractivity contribution in [2.45, 2.75) is 25.8 Å². The Hall–Kier alpha value is -2.49. The van der Waals surface area contributed by atoms with Gasteiger partial charge in [0.05, 0.1) is 5.69 Å². The molecule has 4 heteroatoms. The lowest BCUT2D eigenvalue weighted by Crippen LogP contribution is -2.26. The lowest BCUT2D eigenvalue weighted by molar-refractivity contribution is 0.0945. The first-order valence-electron chi connectivity index (χ1n) is 7.03. The Labute approximate surface area is 123 Å². The van der Waals surface area contributed by atoms with Gasteiger partial charge in [-0.1, -0.05) is 24.3 Å². The van der Waals surface area contributed by atoms with Gasteiger partial charge in [-0.25, -0.2) is 4.98 Å². The summed E-state index contributed by atoms with van der Waals surface area (Å²) in [6, 6.07) is 12.9. The molecule has 1 N–H and O–H groups in total. The molecule has 0 unspecified atom stereocenters. The van der Waals surface area contributed by atoms with Gasteiger partial charge in [0.15, 0.2) is 5.78 Å². The van der Waals surface area contributed by atoms with Gasteiger partial charge in [-0.3, -0.25) is 9.59 Å². The van der Waals surface area contributed by atoms with Crippen LogP contribution in [0.3, 0.4) is 0 Å². The zero-order valence-electron chi connectivity index (χ0n) is 11.8. The molecule has 4 nitrogen and oxygen atoms in total. The molecular weight excluding hydrogens is 264 g/mol. The first-order valence-corrected chi connectivity index (χ1v) is 7.03. The Balaban J connectivity index is 1.89. The Morgan fingerprint density at radius 2 is 1.90 bits per heavy atom. The van der Waals surface area contributed by atoms with E-state index in [0.717, 1.165) is 18.4 Å². The number of aromatic nitrogens is 1. The summed E-state index contributed by atoms with van der Waals surface area (Å²) in [6.45, 7) is 1.53. The van der Waals surface area contributed by atoms with E-state index in [1.165, 1.54) is 6.92 Å². The summed E-state index contributed by atoms with van der Waals surface area (Å²) >= 11 is 0. The SMILES string of the molecule is CC(=O)c1cccc(-c2cccc(C(=O)NC3CC3)n2)c1. The van der Waals surface area contributed by atoms with Crippen molar-refractivity contribution in [2.24, 2.45) is 0 Å². The number of carbonyl (C=O) groups is 2. The number of hydrogen-bond donors (Lipinski definition) is 1. The predicted molar refractivity (Wildman–Crippen MR) is 80.2 cm³/mol. The molecule has 3 rings (SSSR count). The lowest BCUT2D eigenvalue weighted by atomic mass is 10.1. The van der Waals surface area contributed by atoms with Crippen LogP contribution >= 0.6 is 0 Å². The third-order valence-electron chi connectivity index (χ3n) is 3.46. The molecule has 0 saturated heterocycles. The molecule has 0 aliphatic heterocycles. The average Bonchev–Trinajstić information content (AvgIpc) is 3.31. The summed E-state index contributed by atoms with van der Waals surface area (Å²) in [4.78, 5) is 27.9. The number of Topliss-reactive ketones (excluding diaryl/α,β-unsaturated/α-hetero) is 1. The van der Waals surface area contributed by atoms with Crippen LogP contribution in [0.25, 0.3) is 11.3 Å². The summed E-state index contributed by atoms with van der Waals surface area (Å²) < 4.78 is 0. The number of nitrogens with one attached hydrogen (secondary N) is 1. The highest BCUT2D eigenvalue weighted by Gasteiger charge is 2.24. The maximum Gasteiger partial charge on any atom is 0.270 e. The molecule has 1 saturated carbocycles. The molecule has 1 heterocycles. The zero-order valence-corrected chi connectivity index (χ0v) is 11.8. The number of carbonyl (C=O) groups excluding carboxylic acids is 2. The highest BCUT2D eigenvalue weighted by Crippen LogP contribution is 2.21. The fourth-order valence-corrected chi connectivity index (χ4v) is 2.11. The fourth-order valence-electron chi connectivity index (χ4n) is 2.11.